The van der Waals surface area contributed by atoms with E-state index >= 15 is 0 Å². The van der Waals surface area contributed by atoms with Crippen molar-refractivity contribution < 1.29 is 9.21 Å². The number of rotatable bonds is 2. The van der Waals surface area contributed by atoms with Crippen LogP contribution in [-0.2, 0) is 7.05 Å². The summed E-state index contributed by atoms with van der Waals surface area (Å²) in [5.74, 6) is -0.118. The molecule has 0 radical (unpaired) electrons. The highest BCUT2D eigenvalue weighted by Crippen LogP contribution is 2.30. The van der Waals surface area contributed by atoms with Gasteiger partial charge in [0, 0.05) is 22.5 Å². The van der Waals surface area contributed by atoms with Crippen LogP contribution in [-0.4, -0.2) is 10.4 Å². The van der Waals surface area contributed by atoms with Crippen molar-refractivity contribution >= 4 is 43.6 Å². The molecule has 0 saturated carbocycles. The monoisotopic (exact) mass is 395 g/mol. The summed E-state index contributed by atoms with van der Waals surface area (Å²) in [6.07, 6.45) is 0. The Balaban J connectivity index is 2.07. The summed E-state index contributed by atoms with van der Waals surface area (Å²) in [5.41, 5.74) is 2.54. The average Bonchev–Trinajstić information content (AvgIpc) is 2.87. The molecule has 0 atom stereocenters. The Morgan fingerprint density at radius 2 is 1.76 bits per heavy atom. The van der Waals surface area contributed by atoms with Gasteiger partial charge in [0.25, 0.3) is 0 Å². The highest BCUT2D eigenvalue weighted by molar-refractivity contribution is 9.10. The molecule has 124 valence electrons. The van der Waals surface area contributed by atoms with Crippen LogP contribution in [0.15, 0.2) is 62.2 Å². The Hall–Kier alpha value is -2.66. The summed E-state index contributed by atoms with van der Waals surface area (Å²) in [6.45, 7) is 1.79. The van der Waals surface area contributed by atoms with E-state index in [0.29, 0.717) is 27.8 Å². The highest BCUT2D eigenvalue weighted by Gasteiger charge is 2.23. The molecule has 5 heteroatoms. The zero-order chi connectivity index (χ0) is 17.7. The number of carbonyl (C=O) groups is 1. The van der Waals surface area contributed by atoms with Gasteiger partial charge in [-0.05, 0) is 48.9 Å². The lowest BCUT2D eigenvalue weighted by Gasteiger charge is -2.06. The van der Waals surface area contributed by atoms with E-state index < -0.39 is 5.63 Å². The first-order chi connectivity index (χ1) is 12.0. The second kappa shape index (κ2) is 5.70. The lowest BCUT2D eigenvalue weighted by atomic mass is 10.0. The first-order valence-electron chi connectivity index (χ1n) is 7.80. The molecule has 4 aromatic rings. The van der Waals surface area contributed by atoms with Crippen molar-refractivity contribution in [2.45, 2.75) is 6.92 Å². The van der Waals surface area contributed by atoms with E-state index in [2.05, 4.69) is 15.9 Å². The molecule has 0 bridgehead atoms. The predicted octanol–water partition coefficient (Wildman–Crippen LogP) is 4.59. The Bertz CT molecular complexity index is 1200. The van der Waals surface area contributed by atoms with Gasteiger partial charge in [0.2, 0.25) is 5.78 Å². The van der Waals surface area contributed by atoms with Gasteiger partial charge in [-0.15, -0.1) is 0 Å². The van der Waals surface area contributed by atoms with Gasteiger partial charge in [-0.3, -0.25) is 4.79 Å². The van der Waals surface area contributed by atoms with Crippen LogP contribution in [0, 0.1) is 6.92 Å². The van der Waals surface area contributed by atoms with Gasteiger partial charge >= 0.3 is 5.63 Å². The number of aryl methyl sites for hydroxylation is 2. The molecule has 0 aliphatic rings. The van der Waals surface area contributed by atoms with Crippen LogP contribution in [0.2, 0.25) is 0 Å². The van der Waals surface area contributed by atoms with Gasteiger partial charge in [0.1, 0.15) is 5.58 Å². The highest BCUT2D eigenvalue weighted by atomic mass is 79.9. The minimum atomic E-state index is -0.420. The van der Waals surface area contributed by atoms with Gasteiger partial charge < -0.3 is 8.98 Å². The molecule has 2 heterocycles. The number of fused-ring (bicyclic) bond motifs is 3. The van der Waals surface area contributed by atoms with Crippen LogP contribution in [0.1, 0.15) is 21.6 Å². The zero-order valence-electron chi connectivity index (χ0n) is 13.7. The minimum absolute atomic E-state index is 0.118. The molecule has 2 aromatic heterocycles. The van der Waals surface area contributed by atoms with Crippen LogP contribution in [0.3, 0.4) is 0 Å². The third-order valence-corrected chi connectivity index (χ3v) is 5.04. The largest absolute Gasteiger partial charge is 0.422 e. The number of hydrogen-bond acceptors (Lipinski definition) is 3. The maximum Gasteiger partial charge on any atom is 0.346 e. The molecule has 25 heavy (non-hydrogen) atoms. The first-order valence-corrected chi connectivity index (χ1v) is 8.59. The molecule has 2 aromatic carbocycles. The molecular formula is C20H14BrNO3. The summed E-state index contributed by atoms with van der Waals surface area (Å²) in [7, 11) is 1.81. The van der Waals surface area contributed by atoms with Crippen molar-refractivity contribution in [1.29, 1.82) is 0 Å². The lowest BCUT2D eigenvalue weighted by molar-refractivity contribution is 0.103. The summed E-state index contributed by atoms with van der Waals surface area (Å²) in [6, 6.07) is 14.6. The van der Waals surface area contributed by atoms with Crippen LogP contribution in [0.4, 0.5) is 0 Å². The fourth-order valence-electron chi connectivity index (χ4n) is 3.35. The number of hydrogen-bond donors (Lipinski definition) is 0. The van der Waals surface area contributed by atoms with Crippen molar-refractivity contribution in [2.24, 2.45) is 7.05 Å². The van der Waals surface area contributed by atoms with Gasteiger partial charge in [-0.2, -0.15) is 0 Å². The average molecular weight is 396 g/mol. The molecule has 0 aliphatic carbocycles. The Morgan fingerprint density at radius 1 is 1.08 bits per heavy atom. The van der Waals surface area contributed by atoms with Gasteiger partial charge in [-0.1, -0.05) is 28.1 Å². The number of aromatic nitrogens is 1. The Morgan fingerprint density at radius 3 is 2.48 bits per heavy atom. The lowest BCUT2D eigenvalue weighted by Crippen LogP contribution is -2.08. The second-order valence-corrected chi connectivity index (χ2v) is 6.89. The SMILES string of the molecule is Cc1c(C(=O)c2ccc(Br)cc2)n(C)c2c1c(=O)oc1ccccc12. The molecule has 0 N–H and O–H groups in total. The number of ketones is 1. The number of halogens is 1. The minimum Gasteiger partial charge on any atom is -0.422 e. The van der Waals surface area contributed by atoms with E-state index in [1.54, 1.807) is 29.7 Å². The van der Waals surface area contributed by atoms with E-state index in [4.69, 9.17) is 4.42 Å². The molecule has 0 unspecified atom stereocenters. The van der Waals surface area contributed by atoms with E-state index in [1.165, 1.54) is 0 Å². The van der Waals surface area contributed by atoms with Crippen molar-refractivity contribution in [1.82, 2.24) is 4.57 Å². The summed E-state index contributed by atoms with van der Waals surface area (Å²) in [4.78, 5) is 25.5. The maximum atomic E-state index is 13.0. The van der Waals surface area contributed by atoms with Crippen LogP contribution >= 0.6 is 15.9 Å². The first kappa shape index (κ1) is 15.8. The van der Waals surface area contributed by atoms with Gasteiger partial charge in [0.05, 0.1) is 16.6 Å². The maximum absolute atomic E-state index is 13.0. The topological polar surface area (TPSA) is 52.2 Å². The predicted molar refractivity (Wildman–Crippen MR) is 101 cm³/mol. The molecule has 0 amide bonds. The van der Waals surface area contributed by atoms with Crippen LogP contribution in [0.5, 0.6) is 0 Å². The van der Waals surface area contributed by atoms with Crippen molar-refractivity contribution in [3.8, 4) is 0 Å². The number of carbonyl (C=O) groups excluding carboxylic acids is 1. The van der Waals surface area contributed by atoms with Crippen LogP contribution in [0.25, 0.3) is 21.9 Å². The molecule has 0 spiro atoms. The van der Waals surface area contributed by atoms with Gasteiger partial charge in [-0.25, -0.2) is 4.79 Å². The normalized spacial score (nSPS) is 11.3. The third-order valence-electron chi connectivity index (χ3n) is 4.51. The zero-order valence-corrected chi connectivity index (χ0v) is 15.3. The summed E-state index contributed by atoms with van der Waals surface area (Å²) >= 11 is 3.37. The summed E-state index contributed by atoms with van der Waals surface area (Å²) in [5, 5.41) is 1.28. The molecule has 4 nitrogen and oxygen atoms in total. The van der Waals surface area contributed by atoms with Gasteiger partial charge in [0.15, 0.2) is 0 Å². The van der Waals surface area contributed by atoms with Crippen molar-refractivity contribution in [3.63, 3.8) is 0 Å². The number of benzene rings is 2. The quantitative estimate of drug-likeness (QED) is 0.368. The number of para-hydroxylation sites is 1. The van der Waals surface area contributed by atoms with Crippen molar-refractivity contribution in [3.05, 3.63) is 80.2 Å². The Kier molecular flexibility index (Phi) is 3.62. The molecule has 4 rings (SSSR count). The van der Waals surface area contributed by atoms with E-state index in [0.717, 1.165) is 15.4 Å². The van der Waals surface area contributed by atoms with E-state index in [9.17, 15) is 9.59 Å². The fraction of sp³-hybridized carbons (Fsp3) is 0.100. The number of nitrogens with zero attached hydrogens (tertiary/aromatic N) is 1. The molecule has 0 saturated heterocycles. The fourth-order valence-corrected chi connectivity index (χ4v) is 3.62. The summed E-state index contributed by atoms with van der Waals surface area (Å²) < 4.78 is 8.15. The Labute approximate surface area is 151 Å². The smallest absolute Gasteiger partial charge is 0.346 e. The third kappa shape index (κ3) is 2.35. The van der Waals surface area contributed by atoms with E-state index in [1.807, 2.05) is 37.4 Å². The molecule has 0 aliphatic heterocycles. The van der Waals surface area contributed by atoms with E-state index in [-0.39, 0.29) is 5.78 Å². The van der Waals surface area contributed by atoms with Crippen molar-refractivity contribution in [2.75, 3.05) is 0 Å². The molecular weight excluding hydrogens is 382 g/mol. The van der Waals surface area contributed by atoms with Crippen LogP contribution < -0.4 is 5.63 Å². The standard InChI is InChI=1S/C20H14BrNO3/c1-11-16-18(14-5-3-4-6-15(14)25-20(16)24)22(2)17(11)19(23)12-7-9-13(21)10-8-12/h3-10H,1-2H3. The molecule has 0 fully saturated rings. The second-order valence-electron chi connectivity index (χ2n) is 5.98.